The second-order valence-corrected chi connectivity index (χ2v) is 4.19. The predicted octanol–water partition coefficient (Wildman–Crippen LogP) is 2.69. The van der Waals surface area contributed by atoms with Gasteiger partial charge in [-0.2, -0.15) is 5.26 Å². The molecular weight excluding hydrogens is 212 g/mol. The van der Waals surface area contributed by atoms with E-state index in [1.54, 1.807) is 0 Å². The zero-order chi connectivity index (χ0) is 11.8. The molecule has 0 radical (unpaired) electrons. The molecule has 1 unspecified atom stereocenters. The van der Waals surface area contributed by atoms with Gasteiger partial charge in [0, 0.05) is 5.56 Å². The summed E-state index contributed by atoms with van der Waals surface area (Å²) in [7, 11) is 0. The molecule has 0 bridgehead atoms. The van der Waals surface area contributed by atoms with E-state index < -0.39 is 23.2 Å². The number of halogens is 2. The van der Waals surface area contributed by atoms with Crippen LogP contribution in [0.3, 0.4) is 0 Å². The van der Waals surface area contributed by atoms with Crippen LogP contribution in [-0.4, -0.2) is 5.11 Å². The van der Waals surface area contributed by atoms with Gasteiger partial charge in [-0.15, -0.1) is 0 Å². The molecule has 1 N–H and O–H groups in total. The highest BCUT2D eigenvalue weighted by Crippen LogP contribution is 2.50. The minimum Gasteiger partial charge on any atom is -0.387 e. The second kappa shape index (κ2) is 3.84. The van der Waals surface area contributed by atoms with Crippen LogP contribution in [0, 0.1) is 28.4 Å². The Morgan fingerprint density at radius 2 is 2.06 bits per heavy atom. The van der Waals surface area contributed by atoms with Gasteiger partial charge in [0.15, 0.2) is 0 Å². The fourth-order valence-corrected chi connectivity index (χ4v) is 2.03. The van der Waals surface area contributed by atoms with Crippen molar-refractivity contribution in [1.29, 1.82) is 5.26 Å². The third-order valence-electron chi connectivity index (χ3n) is 3.24. The van der Waals surface area contributed by atoms with Crippen molar-refractivity contribution in [3.63, 3.8) is 0 Å². The molecule has 84 valence electrons. The van der Waals surface area contributed by atoms with Crippen molar-refractivity contribution in [3.8, 4) is 6.07 Å². The number of benzene rings is 1. The van der Waals surface area contributed by atoms with Gasteiger partial charge in [-0.1, -0.05) is 6.42 Å². The molecule has 1 aliphatic rings. The minimum atomic E-state index is -1.25. The largest absolute Gasteiger partial charge is 0.387 e. The molecule has 1 fully saturated rings. The van der Waals surface area contributed by atoms with Crippen LogP contribution in [0.5, 0.6) is 0 Å². The minimum absolute atomic E-state index is 0.124. The molecule has 1 atom stereocenters. The Balaban J connectivity index is 2.37. The van der Waals surface area contributed by atoms with Crippen molar-refractivity contribution in [2.24, 2.45) is 5.41 Å². The Morgan fingerprint density at radius 3 is 2.56 bits per heavy atom. The summed E-state index contributed by atoms with van der Waals surface area (Å²) in [5.41, 5.74) is -1.06. The summed E-state index contributed by atoms with van der Waals surface area (Å²) in [6.45, 7) is 0. The maximum atomic E-state index is 13.4. The number of aliphatic hydroxyl groups excluding tert-OH is 1. The van der Waals surface area contributed by atoms with Gasteiger partial charge in [-0.05, 0) is 31.0 Å². The third kappa shape index (κ3) is 1.57. The number of hydrogen-bond acceptors (Lipinski definition) is 2. The van der Waals surface area contributed by atoms with E-state index in [4.69, 9.17) is 5.26 Å². The Bertz CT molecular complexity index is 449. The summed E-state index contributed by atoms with van der Waals surface area (Å²) >= 11 is 0. The molecule has 0 aromatic heterocycles. The summed E-state index contributed by atoms with van der Waals surface area (Å²) in [5, 5.41) is 19.0. The number of nitriles is 1. The maximum absolute atomic E-state index is 13.4. The first-order valence-corrected chi connectivity index (χ1v) is 5.13. The van der Waals surface area contributed by atoms with Crippen molar-refractivity contribution < 1.29 is 13.9 Å². The van der Waals surface area contributed by atoms with Crippen LogP contribution in [0.15, 0.2) is 18.2 Å². The van der Waals surface area contributed by atoms with Gasteiger partial charge in [0.1, 0.15) is 17.7 Å². The highest BCUT2D eigenvalue weighted by molar-refractivity contribution is 5.26. The van der Waals surface area contributed by atoms with E-state index >= 15 is 0 Å². The van der Waals surface area contributed by atoms with Crippen LogP contribution in [0.25, 0.3) is 0 Å². The van der Waals surface area contributed by atoms with E-state index in [2.05, 4.69) is 0 Å². The van der Waals surface area contributed by atoms with Gasteiger partial charge in [-0.25, -0.2) is 8.78 Å². The van der Waals surface area contributed by atoms with E-state index in [1.165, 1.54) is 0 Å². The third-order valence-corrected chi connectivity index (χ3v) is 3.24. The first kappa shape index (κ1) is 11.0. The molecule has 0 saturated heterocycles. The first-order valence-electron chi connectivity index (χ1n) is 5.13. The monoisotopic (exact) mass is 223 g/mol. The normalized spacial score (nSPS) is 19.6. The van der Waals surface area contributed by atoms with Crippen LogP contribution >= 0.6 is 0 Å². The van der Waals surface area contributed by atoms with Gasteiger partial charge in [0.05, 0.1) is 11.5 Å². The van der Waals surface area contributed by atoms with Crippen molar-refractivity contribution in [1.82, 2.24) is 0 Å². The van der Waals surface area contributed by atoms with Gasteiger partial charge >= 0.3 is 0 Å². The van der Waals surface area contributed by atoms with Crippen molar-refractivity contribution >= 4 is 0 Å². The summed E-state index contributed by atoms with van der Waals surface area (Å²) < 4.78 is 26.4. The molecule has 1 aromatic rings. The Kier molecular flexibility index (Phi) is 2.64. The molecule has 0 spiro atoms. The first-order chi connectivity index (χ1) is 7.59. The van der Waals surface area contributed by atoms with E-state index in [-0.39, 0.29) is 5.56 Å². The van der Waals surface area contributed by atoms with Crippen LogP contribution in [0.4, 0.5) is 8.78 Å². The molecule has 1 aromatic carbocycles. The lowest BCUT2D eigenvalue weighted by molar-refractivity contribution is 0.00544. The van der Waals surface area contributed by atoms with Crippen molar-refractivity contribution in [2.75, 3.05) is 0 Å². The topological polar surface area (TPSA) is 44.0 Å². The summed E-state index contributed by atoms with van der Waals surface area (Å²) in [6.07, 6.45) is 0.643. The fraction of sp³-hybridized carbons (Fsp3) is 0.417. The van der Waals surface area contributed by atoms with Crippen molar-refractivity contribution in [3.05, 3.63) is 35.4 Å². The molecule has 0 amide bonds. The predicted molar refractivity (Wildman–Crippen MR) is 53.2 cm³/mol. The van der Waals surface area contributed by atoms with Gasteiger partial charge in [0.25, 0.3) is 0 Å². The zero-order valence-corrected chi connectivity index (χ0v) is 8.58. The summed E-state index contributed by atoms with van der Waals surface area (Å²) in [6, 6.07) is 4.94. The van der Waals surface area contributed by atoms with E-state index in [1.807, 2.05) is 6.07 Å². The van der Waals surface area contributed by atoms with Crippen LogP contribution < -0.4 is 0 Å². The fourth-order valence-electron chi connectivity index (χ4n) is 2.03. The van der Waals surface area contributed by atoms with Gasteiger partial charge < -0.3 is 5.11 Å². The second-order valence-electron chi connectivity index (χ2n) is 4.19. The molecule has 4 heteroatoms. The Hall–Kier alpha value is -1.47. The SMILES string of the molecule is N#CC1(C(O)c2cc(F)ccc2F)CCC1. The van der Waals surface area contributed by atoms with Gasteiger partial charge in [0.2, 0.25) is 0 Å². The smallest absolute Gasteiger partial charge is 0.129 e. The lowest BCUT2D eigenvalue weighted by Gasteiger charge is -2.39. The number of hydrogen-bond donors (Lipinski definition) is 1. The zero-order valence-electron chi connectivity index (χ0n) is 8.58. The summed E-state index contributed by atoms with van der Waals surface area (Å²) in [4.78, 5) is 0. The highest BCUT2D eigenvalue weighted by atomic mass is 19.1. The van der Waals surface area contributed by atoms with Crippen LogP contribution in [0.2, 0.25) is 0 Å². The number of nitrogens with zero attached hydrogens (tertiary/aromatic N) is 1. The van der Waals surface area contributed by atoms with E-state index in [0.717, 1.165) is 24.6 Å². The Labute approximate surface area is 92.1 Å². The summed E-state index contributed by atoms with van der Waals surface area (Å²) in [5.74, 6) is -1.28. The lowest BCUT2D eigenvalue weighted by atomic mass is 9.64. The quantitative estimate of drug-likeness (QED) is 0.837. The number of rotatable bonds is 2. The Morgan fingerprint density at radius 1 is 1.38 bits per heavy atom. The van der Waals surface area contributed by atoms with Crippen LogP contribution in [0.1, 0.15) is 30.9 Å². The molecule has 0 aliphatic heterocycles. The molecule has 2 nitrogen and oxygen atoms in total. The molecule has 2 rings (SSSR count). The molecule has 1 saturated carbocycles. The standard InChI is InChI=1S/C12H11F2NO/c13-8-2-3-10(14)9(6-8)11(16)12(7-15)4-1-5-12/h2-3,6,11,16H,1,4-5H2. The maximum Gasteiger partial charge on any atom is 0.129 e. The molecular formula is C12H11F2NO. The van der Waals surface area contributed by atoms with Gasteiger partial charge in [-0.3, -0.25) is 0 Å². The van der Waals surface area contributed by atoms with E-state index in [0.29, 0.717) is 12.8 Å². The highest BCUT2D eigenvalue weighted by Gasteiger charge is 2.45. The lowest BCUT2D eigenvalue weighted by Crippen LogP contribution is -2.35. The number of aliphatic hydroxyl groups is 1. The molecule has 0 heterocycles. The van der Waals surface area contributed by atoms with Crippen molar-refractivity contribution in [2.45, 2.75) is 25.4 Å². The average Bonchev–Trinajstić information content (AvgIpc) is 2.21. The molecule has 16 heavy (non-hydrogen) atoms. The average molecular weight is 223 g/mol. The van der Waals surface area contributed by atoms with E-state index in [9.17, 15) is 13.9 Å². The molecule has 1 aliphatic carbocycles. The van der Waals surface area contributed by atoms with Crippen LogP contribution in [-0.2, 0) is 0 Å².